The molecule has 3 N–H and O–H groups in total. The van der Waals surface area contributed by atoms with E-state index in [0.717, 1.165) is 37.4 Å². The van der Waals surface area contributed by atoms with Gasteiger partial charge < -0.3 is 20.4 Å². The van der Waals surface area contributed by atoms with Gasteiger partial charge in [0.2, 0.25) is 0 Å². The molecule has 0 amide bonds. The Labute approximate surface area is 113 Å². The molecule has 1 saturated heterocycles. The molecule has 1 aliphatic heterocycles. The largest absolute Gasteiger partial charge is 0.389 e. The summed E-state index contributed by atoms with van der Waals surface area (Å²) < 4.78 is 0. The Morgan fingerprint density at radius 2 is 1.78 bits per heavy atom. The van der Waals surface area contributed by atoms with Crippen molar-refractivity contribution in [3.8, 4) is 0 Å². The first kappa shape index (κ1) is 13.7. The highest BCUT2D eigenvalue weighted by Crippen LogP contribution is 2.22. The second-order valence-corrected chi connectivity index (χ2v) is 4.89. The first-order chi connectivity index (χ1) is 8.72. The number of aliphatic hydroxyl groups is 2. The molecule has 2 atom stereocenters. The number of piperazine rings is 1. The highest BCUT2D eigenvalue weighted by Gasteiger charge is 2.17. The highest BCUT2D eigenvalue weighted by atomic mass is 32.1. The van der Waals surface area contributed by atoms with Crippen LogP contribution in [0.4, 0.5) is 5.69 Å². The third-order valence-electron chi connectivity index (χ3n) is 3.27. The smallest absolute Gasteiger partial charge is 0.106 e. The third kappa shape index (κ3) is 3.17. The average Bonchev–Trinajstić information content (AvgIpc) is 2.47. The number of aliphatic hydroxyl groups excluding tert-OH is 2. The minimum absolute atomic E-state index is 0.251. The van der Waals surface area contributed by atoms with Gasteiger partial charge in [-0.2, -0.15) is 12.6 Å². The van der Waals surface area contributed by atoms with E-state index in [-0.39, 0.29) is 5.75 Å². The topological polar surface area (TPSA) is 55.7 Å². The van der Waals surface area contributed by atoms with E-state index in [0.29, 0.717) is 0 Å². The summed E-state index contributed by atoms with van der Waals surface area (Å²) in [5.74, 6) is 0.251. The summed E-state index contributed by atoms with van der Waals surface area (Å²) >= 11 is 3.98. The van der Waals surface area contributed by atoms with Gasteiger partial charge in [0.15, 0.2) is 0 Å². The van der Waals surface area contributed by atoms with Crippen molar-refractivity contribution in [3.05, 3.63) is 29.8 Å². The van der Waals surface area contributed by atoms with Crippen LogP contribution >= 0.6 is 12.6 Å². The molecule has 2 rings (SSSR count). The van der Waals surface area contributed by atoms with Crippen LogP contribution in [0.15, 0.2) is 24.3 Å². The first-order valence-corrected chi connectivity index (χ1v) is 6.88. The molecule has 0 radical (unpaired) electrons. The van der Waals surface area contributed by atoms with E-state index in [1.165, 1.54) is 0 Å². The summed E-state index contributed by atoms with van der Waals surface area (Å²) in [6.07, 6.45) is -1.68. The number of thiol groups is 1. The maximum absolute atomic E-state index is 9.87. The predicted octanol–water partition coefficient (Wildman–Crippen LogP) is 0.420. The molecule has 1 aromatic carbocycles. The second-order valence-electron chi connectivity index (χ2n) is 4.52. The molecular weight excluding hydrogens is 248 g/mol. The van der Waals surface area contributed by atoms with Crippen LogP contribution in [0, 0.1) is 0 Å². The Bertz CT molecular complexity index is 345. The van der Waals surface area contributed by atoms with Crippen LogP contribution in [0.2, 0.25) is 0 Å². The lowest BCUT2D eigenvalue weighted by Crippen LogP contribution is -2.43. The zero-order valence-corrected chi connectivity index (χ0v) is 11.2. The van der Waals surface area contributed by atoms with Crippen molar-refractivity contribution in [1.29, 1.82) is 0 Å². The molecule has 2 unspecified atom stereocenters. The van der Waals surface area contributed by atoms with Gasteiger partial charge in [-0.05, 0) is 17.7 Å². The minimum atomic E-state index is -0.862. The molecule has 0 spiro atoms. The van der Waals surface area contributed by atoms with Crippen LogP contribution in [0.3, 0.4) is 0 Å². The van der Waals surface area contributed by atoms with Crippen LogP contribution in [0.5, 0.6) is 0 Å². The van der Waals surface area contributed by atoms with Crippen molar-refractivity contribution in [2.45, 2.75) is 12.2 Å². The van der Waals surface area contributed by atoms with Crippen LogP contribution in [0.1, 0.15) is 11.7 Å². The van der Waals surface area contributed by atoms with Gasteiger partial charge in [-0.15, -0.1) is 0 Å². The van der Waals surface area contributed by atoms with E-state index >= 15 is 0 Å². The molecule has 1 aromatic rings. The van der Waals surface area contributed by atoms with E-state index in [2.05, 4.69) is 22.8 Å². The number of benzene rings is 1. The van der Waals surface area contributed by atoms with E-state index in [4.69, 9.17) is 0 Å². The molecule has 100 valence electrons. The van der Waals surface area contributed by atoms with Gasteiger partial charge in [-0.1, -0.05) is 12.1 Å². The minimum Gasteiger partial charge on any atom is -0.389 e. The number of hydrogen-bond donors (Lipinski definition) is 4. The molecule has 0 aromatic heterocycles. The maximum Gasteiger partial charge on any atom is 0.106 e. The molecule has 5 heteroatoms. The lowest BCUT2D eigenvalue weighted by atomic mass is 10.0. The van der Waals surface area contributed by atoms with E-state index in [9.17, 15) is 10.2 Å². The summed E-state index contributed by atoms with van der Waals surface area (Å²) in [5, 5.41) is 22.7. The number of nitrogens with one attached hydrogen (secondary N) is 1. The molecule has 1 heterocycles. The summed E-state index contributed by atoms with van der Waals surface area (Å²) in [5.41, 5.74) is 1.89. The van der Waals surface area contributed by atoms with Crippen LogP contribution in [0.25, 0.3) is 0 Å². The van der Waals surface area contributed by atoms with Crippen LogP contribution < -0.4 is 10.2 Å². The van der Waals surface area contributed by atoms with Crippen molar-refractivity contribution in [1.82, 2.24) is 5.32 Å². The molecular formula is C13H20N2O2S. The Morgan fingerprint density at radius 1 is 1.17 bits per heavy atom. The summed E-state index contributed by atoms with van der Waals surface area (Å²) in [6, 6.07) is 7.73. The van der Waals surface area contributed by atoms with E-state index in [1.54, 1.807) is 0 Å². The quantitative estimate of drug-likeness (QED) is 0.598. The molecule has 0 saturated carbocycles. The van der Waals surface area contributed by atoms with Crippen molar-refractivity contribution in [3.63, 3.8) is 0 Å². The van der Waals surface area contributed by atoms with E-state index in [1.807, 2.05) is 24.3 Å². The fraction of sp³-hybridized carbons (Fsp3) is 0.538. The predicted molar refractivity (Wildman–Crippen MR) is 76.3 cm³/mol. The molecule has 1 fully saturated rings. The molecule has 0 bridgehead atoms. The van der Waals surface area contributed by atoms with Crippen molar-refractivity contribution < 1.29 is 10.2 Å². The summed E-state index contributed by atoms with van der Waals surface area (Å²) in [6.45, 7) is 4.01. The van der Waals surface area contributed by atoms with Gasteiger partial charge >= 0.3 is 0 Å². The zero-order valence-electron chi connectivity index (χ0n) is 10.3. The Morgan fingerprint density at radius 3 is 2.33 bits per heavy atom. The van der Waals surface area contributed by atoms with Crippen molar-refractivity contribution >= 4 is 18.3 Å². The highest BCUT2D eigenvalue weighted by molar-refractivity contribution is 7.80. The maximum atomic E-state index is 9.87. The number of hydrogen-bond acceptors (Lipinski definition) is 5. The van der Waals surface area contributed by atoms with Gasteiger partial charge in [-0.25, -0.2) is 0 Å². The Hall–Kier alpha value is -0.750. The van der Waals surface area contributed by atoms with Gasteiger partial charge in [0.25, 0.3) is 0 Å². The Balaban J connectivity index is 2.04. The summed E-state index contributed by atoms with van der Waals surface area (Å²) in [4.78, 5) is 2.31. The molecule has 0 aliphatic carbocycles. The molecule has 1 aliphatic rings. The molecule has 18 heavy (non-hydrogen) atoms. The van der Waals surface area contributed by atoms with Gasteiger partial charge in [0, 0.05) is 37.6 Å². The third-order valence-corrected chi connectivity index (χ3v) is 3.64. The van der Waals surface area contributed by atoms with Crippen LogP contribution in [-0.2, 0) is 0 Å². The van der Waals surface area contributed by atoms with E-state index < -0.39 is 12.2 Å². The normalized spacial score (nSPS) is 19.6. The standard InChI is InChI=1S/C13H20N2O2S/c16-12(9-18)13(17)10-1-3-11(4-2-10)15-7-5-14-6-8-15/h1-4,12-14,16-18H,5-9H2. The second kappa shape index (κ2) is 6.43. The monoisotopic (exact) mass is 268 g/mol. The van der Waals surface area contributed by atoms with Gasteiger partial charge in [0.1, 0.15) is 6.10 Å². The fourth-order valence-electron chi connectivity index (χ4n) is 2.13. The zero-order chi connectivity index (χ0) is 13.0. The SMILES string of the molecule is OC(CS)C(O)c1ccc(N2CCNCC2)cc1. The summed E-state index contributed by atoms with van der Waals surface area (Å²) in [7, 11) is 0. The van der Waals surface area contributed by atoms with Gasteiger partial charge in [-0.3, -0.25) is 0 Å². The number of anilines is 1. The average molecular weight is 268 g/mol. The first-order valence-electron chi connectivity index (χ1n) is 6.25. The Kier molecular flexibility index (Phi) is 4.88. The van der Waals surface area contributed by atoms with Crippen molar-refractivity contribution in [2.75, 3.05) is 36.8 Å². The number of nitrogens with zero attached hydrogens (tertiary/aromatic N) is 1. The fourth-order valence-corrected chi connectivity index (χ4v) is 2.33. The number of rotatable bonds is 4. The lowest BCUT2D eigenvalue weighted by molar-refractivity contribution is 0.0338. The molecule has 4 nitrogen and oxygen atoms in total. The lowest BCUT2D eigenvalue weighted by Gasteiger charge is -2.29. The van der Waals surface area contributed by atoms with Gasteiger partial charge in [0.05, 0.1) is 6.10 Å². The van der Waals surface area contributed by atoms with Crippen LogP contribution in [-0.4, -0.2) is 48.2 Å². The van der Waals surface area contributed by atoms with Crippen molar-refractivity contribution in [2.24, 2.45) is 0 Å².